The van der Waals surface area contributed by atoms with Gasteiger partial charge in [-0.3, -0.25) is 9.89 Å². The van der Waals surface area contributed by atoms with Crippen LogP contribution in [0, 0.1) is 6.92 Å². The van der Waals surface area contributed by atoms with Crippen LogP contribution in [-0.4, -0.2) is 21.1 Å². The number of aromatic amines is 2. The minimum absolute atomic E-state index is 0.0682. The van der Waals surface area contributed by atoms with Crippen molar-refractivity contribution in [3.63, 3.8) is 0 Å². The summed E-state index contributed by atoms with van der Waals surface area (Å²) in [6.07, 6.45) is 2.23. The molecule has 0 aliphatic carbocycles. The summed E-state index contributed by atoms with van der Waals surface area (Å²) in [5.74, 6) is 0.492. The van der Waals surface area contributed by atoms with Crippen LogP contribution in [0.2, 0.25) is 0 Å². The van der Waals surface area contributed by atoms with Crippen molar-refractivity contribution in [3.8, 4) is 0 Å². The maximum Gasteiger partial charge on any atom is 0.229 e. The minimum Gasteiger partial charge on any atom is -0.361 e. The zero-order chi connectivity index (χ0) is 13.2. The predicted octanol–water partition coefficient (Wildman–Crippen LogP) is 2.38. The summed E-state index contributed by atoms with van der Waals surface area (Å²) in [7, 11) is 0. The lowest BCUT2D eigenvalue weighted by atomic mass is 10.1. The van der Waals surface area contributed by atoms with E-state index in [9.17, 15) is 4.79 Å². The largest absolute Gasteiger partial charge is 0.361 e. The van der Waals surface area contributed by atoms with E-state index in [1.54, 1.807) is 6.07 Å². The van der Waals surface area contributed by atoms with Crippen LogP contribution in [0.5, 0.6) is 0 Å². The summed E-state index contributed by atoms with van der Waals surface area (Å²) in [5.41, 5.74) is 2.98. The highest BCUT2D eigenvalue weighted by molar-refractivity contribution is 5.92. The number of rotatable bonds is 3. The molecule has 0 unspecified atom stereocenters. The van der Waals surface area contributed by atoms with Gasteiger partial charge in [-0.05, 0) is 36.1 Å². The molecule has 1 amide bonds. The van der Waals surface area contributed by atoms with Gasteiger partial charge in [0.05, 0.1) is 6.42 Å². The van der Waals surface area contributed by atoms with Crippen LogP contribution in [0.1, 0.15) is 11.3 Å². The van der Waals surface area contributed by atoms with Gasteiger partial charge in [-0.15, -0.1) is 0 Å². The molecule has 0 spiro atoms. The van der Waals surface area contributed by atoms with Gasteiger partial charge in [0, 0.05) is 23.5 Å². The van der Waals surface area contributed by atoms with Crippen molar-refractivity contribution in [1.29, 1.82) is 0 Å². The molecule has 3 aromatic rings. The minimum atomic E-state index is -0.0682. The molecule has 0 saturated carbocycles. The Labute approximate surface area is 110 Å². The summed E-state index contributed by atoms with van der Waals surface area (Å²) in [6.45, 7) is 1.89. The SMILES string of the molecule is Cc1cc(NC(=O)Cc2ccc3[nH]ccc3c2)n[nH]1. The Morgan fingerprint density at radius 1 is 1.32 bits per heavy atom. The molecule has 0 fully saturated rings. The molecule has 0 saturated heterocycles. The molecule has 3 N–H and O–H groups in total. The third kappa shape index (κ3) is 2.49. The van der Waals surface area contributed by atoms with E-state index >= 15 is 0 Å². The lowest BCUT2D eigenvalue weighted by molar-refractivity contribution is -0.115. The topological polar surface area (TPSA) is 73.6 Å². The lowest BCUT2D eigenvalue weighted by Crippen LogP contribution is -2.14. The van der Waals surface area contributed by atoms with Crippen LogP contribution in [0.25, 0.3) is 10.9 Å². The lowest BCUT2D eigenvalue weighted by Gasteiger charge is -2.02. The predicted molar refractivity (Wildman–Crippen MR) is 74.0 cm³/mol. The second kappa shape index (κ2) is 4.61. The number of nitrogens with one attached hydrogen (secondary N) is 3. The van der Waals surface area contributed by atoms with Crippen molar-refractivity contribution in [2.24, 2.45) is 0 Å². The molecular formula is C14H14N4O. The van der Waals surface area contributed by atoms with Gasteiger partial charge in [0.1, 0.15) is 0 Å². The smallest absolute Gasteiger partial charge is 0.229 e. The Balaban J connectivity index is 1.71. The van der Waals surface area contributed by atoms with Crippen LogP contribution in [0.15, 0.2) is 36.5 Å². The second-order valence-corrected chi connectivity index (χ2v) is 4.56. The summed E-state index contributed by atoms with van der Waals surface area (Å²) < 4.78 is 0. The van der Waals surface area contributed by atoms with Crippen molar-refractivity contribution in [2.75, 3.05) is 5.32 Å². The maximum atomic E-state index is 11.9. The van der Waals surface area contributed by atoms with Crippen LogP contribution in [0.4, 0.5) is 5.82 Å². The number of fused-ring (bicyclic) bond motifs is 1. The van der Waals surface area contributed by atoms with E-state index < -0.39 is 0 Å². The number of benzene rings is 1. The number of aryl methyl sites for hydroxylation is 1. The molecule has 2 heterocycles. The van der Waals surface area contributed by atoms with Crippen LogP contribution < -0.4 is 5.32 Å². The van der Waals surface area contributed by atoms with E-state index in [2.05, 4.69) is 20.5 Å². The first-order chi connectivity index (χ1) is 9.20. The zero-order valence-corrected chi connectivity index (χ0v) is 10.5. The van der Waals surface area contributed by atoms with E-state index in [4.69, 9.17) is 0 Å². The average molecular weight is 254 g/mol. The van der Waals surface area contributed by atoms with Gasteiger partial charge >= 0.3 is 0 Å². The summed E-state index contributed by atoms with van der Waals surface area (Å²) in [5, 5.41) is 10.6. The Hall–Kier alpha value is -2.56. The number of hydrogen-bond acceptors (Lipinski definition) is 2. The highest BCUT2D eigenvalue weighted by Gasteiger charge is 2.07. The summed E-state index contributed by atoms with van der Waals surface area (Å²) in [6, 6.07) is 9.74. The highest BCUT2D eigenvalue weighted by Crippen LogP contribution is 2.15. The number of amides is 1. The molecule has 0 radical (unpaired) electrons. The monoisotopic (exact) mass is 254 g/mol. The molecule has 0 aliphatic heterocycles. The Kier molecular flexibility index (Phi) is 2.79. The first-order valence-corrected chi connectivity index (χ1v) is 6.08. The van der Waals surface area contributed by atoms with E-state index in [-0.39, 0.29) is 5.91 Å². The van der Waals surface area contributed by atoms with Gasteiger partial charge < -0.3 is 10.3 Å². The summed E-state index contributed by atoms with van der Waals surface area (Å²) in [4.78, 5) is 15.0. The fourth-order valence-corrected chi connectivity index (χ4v) is 2.07. The molecule has 2 aromatic heterocycles. The van der Waals surface area contributed by atoms with Gasteiger partial charge in [-0.1, -0.05) is 6.07 Å². The van der Waals surface area contributed by atoms with Gasteiger partial charge in [0.25, 0.3) is 0 Å². The molecule has 0 atom stereocenters. The fourth-order valence-electron chi connectivity index (χ4n) is 2.07. The summed E-state index contributed by atoms with van der Waals surface area (Å²) >= 11 is 0. The third-order valence-corrected chi connectivity index (χ3v) is 2.96. The quantitative estimate of drug-likeness (QED) is 0.671. The molecular weight excluding hydrogens is 240 g/mol. The molecule has 19 heavy (non-hydrogen) atoms. The Morgan fingerprint density at radius 2 is 2.21 bits per heavy atom. The number of anilines is 1. The number of carbonyl (C=O) groups excluding carboxylic acids is 1. The van der Waals surface area contributed by atoms with Gasteiger partial charge in [-0.2, -0.15) is 5.10 Å². The van der Waals surface area contributed by atoms with Crippen LogP contribution in [-0.2, 0) is 11.2 Å². The van der Waals surface area contributed by atoms with Crippen molar-refractivity contribution in [1.82, 2.24) is 15.2 Å². The van der Waals surface area contributed by atoms with Gasteiger partial charge in [0.2, 0.25) is 5.91 Å². The molecule has 1 aromatic carbocycles. The number of aromatic nitrogens is 3. The molecule has 96 valence electrons. The highest BCUT2D eigenvalue weighted by atomic mass is 16.1. The Bertz CT molecular complexity index is 726. The molecule has 5 heteroatoms. The number of carbonyl (C=O) groups is 1. The number of hydrogen-bond donors (Lipinski definition) is 3. The first kappa shape index (κ1) is 11.5. The fraction of sp³-hybridized carbons (Fsp3) is 0.143. The molecule has 3 rings (SSSR count). The third-order valence-electron chi connectivity index (χ3n) is 2.96. The van der Waals surface area contributed by atoms with Crippen LogP contribution >= 0.6 is 0 Å². The number of H-pyrrole nitrogens is 2. The van der Waals surface area contributed by atoms with E-state index in [1.807, 2.05) is 37.4 Å². The zero-order valence-electron chi connectivity index (χ0n) is 10.5. The van der Waals surface area contributed by atoms with E-state index in [1.165, 1.54) is 0 Å². The standard InChI is InChI=1S/C14H14N4O/c1-9-6-13(18-17-9)16-14(19)8-10-2-3-12-11(7-10)4-5-15-12/h2-7,15H,8H2,1H3,(H2,16,17,18,19). The van der Waals surface area contributed by atoms with Crippen molar-refractivity contribution < 1.29 is 4.79 Å². The van der Waals surface area contributed by atoms with Crippen molar-refractivity contribution in [3.05, 3.63) is 47.8 Å². The van der Waals surface area contributed by atoms with Crippen molar-refractivity contribution >= 4 is 22.6 Å². The van der Waals surface area contributed by atoms with Gasteiger partial charge in [0.15, 0.2) is 5.82 Å². The molecule has 0 bridgehead atoms. The normalized spacial score (nSPS) is 10.8. The van der Waals surface area contributed by atoms with Gasteiger partial charge in [-0.25, -0.2) is 0 Å². The number of nitrogens with zero attached hydrogens (tertiary/aromatic N) is 1. The van der Waals surface area contributed by atoms with Crippen molar-refractivity contribution in [2.45, 2.75) is 13.3 Å². The molecule has 5 nitrogen and oxygen atoms in total. The first-order valence-electron chi connectivity index (χ1n) is 6.08. The molecule has 0 aliphatic rings. The second-order valence-electron chi connectivity index (χ2n) is 4.56. The Morgan fingerprint density at radius 3 is 3.00 bits per heavy atom. The van der Waals surface area contributed by atoms with Crippen LogP contribution in [0.3, 0.4) is 0 Å². The van der Waals surface area contributed by atoms with E-state index in [0.29, 0.717) is 12.2 Å². The maximum absolute atomic E-state index is 11.9. The van der Waals surface area contributed by atoms with E-state index in [0.717, 1.165) is 22.2 Å². The average Bonchev–Trinajstić information content (AvgIpc) is 2.97.